The molecule has 0 radical (unpaired) electrons. The lowest BCUT2D eigenvalue weighted by Gasteiger charge is -2.11. The van der Waals surface area contributed by atoms with Crippen LogP contribution in [0.25, 0.3) is 6.08 Å². The summed E-state index contributed by atoms with van der Waals surface area (Å²) in [6.07, 6.45) is 3.54. The third-order valence-corrected chi connectivity index (χ3v) is 2.84. The summed E-state index contributed by atoms with van der Waals surface area (Å²) in [4.78, 5) is 22.1. The fourth-order valence-corrected chi connectivity index (χ4v) is 1.46. The molecule has 0 fully saturated rings. The van der Waals surface area contributed by atoms with Crippen LogP contribution in [0.4, 0.5) is 5.69 Å². The molecule has 1 aromatic carbocycles. The fraction of sp³-hybridized carbons (Fsp3) is 0.333. The van der Waals surface area contributed by atoms with Crippen molar-refractivity contribution in [3.8, 4) is 0 Å². The zero-order valence-corrected chi connectivity index (χ0v) is 11.7. The number of carboxylic acids is 1. The summed E-state index contributed by atoms with van der Waals surface area (Å²) in [6, 6.07) is 7.28. The number of carbonyl (C=O) groups excluding carboxylic acids is 1. The molecule has 0 spiro atoms. The number of carboxylic acid groups (broad SMARTS) is 1. The van der Waals surface area contributed by atoms with Crippen molar-refractivity contribution in [3.63, 3.8) is 0 Å². The van der Waals surface area contributed by atoms with Crippen molar-refractivity contribution < 1.29 is 14.7 Å². The first kappa shape index (κ1) is 15.9. The lowest BCUT2D eigenvalue weighted by Crippen LogP contribution is -2.33. The summed E-state index contributed by atoms with van der Waals surface area (Å²) >= 11 is 0. The Hall–Kier alpha value is -2.14. The molecule has 1 aromatic rings. The Balaban J connectivity index is 2.48. The van der Waals surface area contributed by atoms with Crippen LogP contribution in [0, 0.1) is 0 Å². The van der Waals surface area contributed by atoms with E-state index in [1.807, 2.05) is 6.92 Å². The minimum atomic E-state index is -0.988. The van der Waals surface area contributed by atoms with Crippen molar-refractivity contribution in [1.29, 1.82) is 0 Å². The van der Waals surface area contributed by atoms with E-state index >= 15 is 0 Å². The van der Waals surface area contributed by atoms with Gasteiger partial charge in [0.25, 0.3) is 0 Å². The lowest BCUT2D eigenvalue weighted by atomic mass is 10.2. The van der Waals surface area contributed by atoms with Gasteiger partial charge in [-0.2, -0.15) is 0 Å². The molecular weight excluding hydrogens is 256 g/mol. The third-order valence-electron chi connectivity index (χ3n) is 2.84. The summed E-state index contributed by atoms with van der Waals surface area (Å²) in [6.45, 7) is 4.35. The van der Waals surface area contributed by atoms with Crippen molar-refractivity contribution in [2.24, 2.45) is 0 Å². The maximum atomic E-state index is 11.7. The van der Waals surface area contributed by atoms with E-state index in [9.17, 15) is 9.59 Å². The Morgan fingerprint density at radius 3 is 2.50 bits per heavy atom. The van der Waals surface area contributed by atoms with Gasteiger partial charge in [0.2, 0.25) is 5.91 Å². The molecule has 0 heterocycles. The Kier molecular flexibility index (Phi) is 6.46. The molecule has 5 heteroatoms. The minimum absolute atomic E-state index is 0.0980. The second-order valence-corrected chi connectivity index (χ2v) is 4.53. The predicted octanol–water partition coefficient (Wildman–Crippen LogP) is 2.11. The van der Waals surface area contributed by atoms with Gasteiger partial charge in [0.1, 0.15) is 0 Å². The van der Waals surface area contributed by atoms with Crippen LogP contribution in [0.2, 0.25) is 0 Å². The Bertz CT molecular complexity index is 480. The molecule has 0 aromatic heterocycles. The second kappa shape index (κ2) is 8.12. The molecule has 0 aliphatic carbocycles. The molecule has 0 saturated carbocycles. The number of anilines is 1. The molecule has 0 aliphatic rings. The number of aliphatic carboxylic acids is 1. The van der Waals surface area contributed by atoms with E-state index in [2.05, 4.69) is 17.6 Å². The van der Waals surface area contributed by atoms with Crippen molar-refractivity contribution >= 4 is 23.6 Å². The highest BCUT2D eigenvalue weighted by atomic mass is 16.4. The molecule has 1 rings (SSSR count). The van der Waals surface area contributed by atoms with Gasteiger partial charge >= 0.3 is 5.97 Å². The lowest BCUT2D eigenvalue weighted by molar-refractivity contribution is -0.131. The first-order valence-electron chi connectivity index (χ1n) is 6.55. The fourth-order valence-electron chi connectivity index (χ4n) is 1.46. The second-order valence-electron chi connectivity index (χ2n) is 4.53. The summed E-state index contributed by atoms with van der Waals surface area (Å²) < 4.78 is 0. The Morgan fingerprint density at radius 2 is 1.95 bits per heavy atom. The average Bonchev–Trinajstić information content (AvgIpc) is 2.44. The summed E-state index contributed by atoms with van der Waals surface area (Å²) in [5.41, 5.74) is 1.46. The van der Waals surface area contributed by atoms with E-state index in [4.69, 9.17) is 5.11 Å². The van der Waals surface area contributed by atoms with Crippen molar-refractivity contribution in [3.05, 3.63) is 35.9 Å². The monoisotopic (exact) mass is 276 g/mol. The van der Waals surface area contributed by atoms with Gasteiger partial charge in [0.15, 0.2) is 0 Å². The van der Waals surface area contributed by atoms with Gasteiger partial charge in [-0.3, -0.25) is 4.79 Å². The molecule has 1 atom stereocenters. The summed E-state index contributed by atoms with van der Waals surface area (Å²) in [5, 5.41) is 14.4. The molecule has 3 N–H and O–H groups in total. The van der Waals surface area contributed by atoms with Gasteiger partial charge < -0.3 is 15.7 Å². The number of benzene rings is 1. The SMILES string of the molecule is CCC(C)NCC(=O)Nc1ccc(/C=C/C(=O)O)cc1. The number of rotatable bonds is 7. The normalized spacial score (nSPS) is 12.3. The molecule has 20 heavy (non-hydrogen) atoms. The van der Waals surface area contributed by atoms with Gasteiger partial charge in [-0.15, -0.1) is 0 Å². The van der Waals surface area contributed by atoms with Crippen LogP contribution in [-0.4, -0.2) is 29.6 Å². The highest BCUT2D eigenvalue weighted by molar-refractivity contribution is 5.92. The highest BCUT2D eigenvalue weighted by Gasteiger charge is 2.04. The van der Waals surface area contributed by atoms with E-state index < -0.39 is 5.97 Å². The summed E-state index contributed by atoms with van der Waals surface area (Å²) in [5.74, 6) is -1.09. The zero-order chi connectivity index (χ0) is 15.0. The predicted molar refractivity (Wildman–Crippen MR) is 79.5 cm³/mol. The molecule has 1 amide bonds. The highest BCUT2D eigenvalue weighted by Crippen LogP contribution is 2.10. The van der Waals surface area contributed by atoms with Crippen LogP contribution in [0.3, 0.4) is 0 Å². The number of carbonyl (C=O) groups is 2. The molecule has 1 unspecified atom stereocenters. The first-order chi connectivity index (χ1) is 9.51. The quantitative estimate of drug-likeness (QED) is 0.666. The largest absolute Gasteiger partial charge is 0.478 e. The third kappa shape index (κ3) is 6.15. The topological polar surface area (TPSA) is 78.4 Å². The average molecular weight is 276 g/mol. The van der Waals surface area contributed by atoms with Crippen LogP contribution in [0.1, 0.15) is 25.8 Å². The molecular formula is C15H20N2O3. The van der Waals surface area contributed by atoms with Crippen LogP contribution in [0.15, 0.2) is 30.3 Å². The first-order valence-corrected chi connectivity index (χ1v) is 6.55. The smallest absolute Gasteiger partial charge is 0.328 e. The van der Waals surface area contributed by atoms with E-state index in [1.165, 1.54) is 6.08 Å². The Morgan fingerprint density at radius 1 is 1.30 bits per heavy atom. The number of hydrogen-bond acceptors (Lipinski definition) is 3. The van der Waals surface area contributed by atoms with Gasteiger partial charge in [0, 0.05) is 17.8 Å². The van der Waals surface area contributed by atoms with Gasteiger partial charge in [-0.1, -0.05) is 19.1 Å². The number of hydrogen-bond donors (Lipinski definition) is 3. The van der Waals surface area contributed by atoms with E-state index in [0.717, 1.165) is 18.1 Å². The van der Waals surface area contributed by atoms with E-state index in [-0.39, 0.29) is 12.5 Å². The van der Waals surface area contributed by atoms with Gasteiger partial charge in [-0.05, 0) is 37.1 Å². The molecule has 5 nitrogen and oxygen atoms in total. The molecule has 108 valence electrons. The zero-order valence-electron chi connectivity index (χ0n) is 11.7. The van der Waals surface area contributed by atoms with Crippen LogP contribution < -0.4 is 10.6 Å². The van der Waals surface area contributed by atoms with Crippen LogP contribution >= 0.6 is 0 Å². The van der Waals surface area contributed by atoms with Crippen LogP contribution in [0.5, 0.6) is 0 Å². The van der Waals surface area contributed by atoms with Crippen LogP contribution in [-0.2, 0) is 9.59 Å². The maximum absolute atomic E-state index is 11.7. The molecule has 0 aliphatic heterocycles. The van der Waals surface area contributed by atoms with E-state index in [0.29, 0.717) is 11.7 Å². The van der Waals surface area contributed by atoms with Crippen molar-refractivity contribution in [2.45, 2.75) is 26.3 Å². The van der Waals surface area contributed by atoms with Crippen molar-refractivity contribution in [2.75, 3.05) is 11.9 Å². The standard InChI is InChI=1S/C15H20N2O3/c1-3-11(2)16-10-14(18)17-13-7-4-12(5-8-13)6-9-15(19)20/h4-9,11,16H,3,10H2,1-2H3,(H,17,18)(H,19,20)/b9-6+. The number of nitrogens with one attached hydrogen (secondary N) is 2. The van der Waals surface area contributed by atoms with Gasteiger partial charge in [-0.25, -0.2) is 4.79 Å². The van der Waals surface area contributed by atoms with Gasteiger partial charge in [0.05, 0.1) is 6.54 Å². The van der Waals surface area contributed by atoms with Crippen molar-refractivity contribution in [1.82, 2.24) is 5.32 Å². The maximum Gasteiger partial charge on any atom is 0.328 e. The number of amides is 1. The Labute approximate surface area is 118 Å². The summed E-state index contributed by atoms with van der Waals surface area (Å²) in [7, 11) is 0. The molecule has 0 bridgehead atoms. The van der Waals surface area contributed by atoms with E-state index in [1.54, 1.807) is 24.3 Å². The molecule has 0 saturated heterocycles. The minimum Gasteiger partial charge on any atom is -0.478 e.